The van der Waals surface area contributed by atoms with Crippen LogP contribution >= 0.6 is 0 Å². The average Bonchev–Trinajstić information content (AvgIpc) is 2.32. The molecule has 0 unspecified atom stereocenters. The van der Waals surface area contributed by atoms with E-state index in [0.29, 0.717) is 23.4 Å². The number of aryl methyl sites for hydroxylation is 2. The Labute approximate surface area is 113 Å². The first-order valence-corrected chi connectivity index (χ1v) is 6.35. The van der Waals surface area contributed by atoms with Crippen molar-refractivity contribution in [2.45, 2.75) is 33.6 Å². The van der Waals surface area contributed by atoms with E-state index in [9.17, 15) is 0 Å². The van der Waals surface area contributed by atoms with Gasteiger partial charge in [0.15, 0.2) is 5.75 Å². The van der Waals surface area contributed by atoms with Crippen molar-refractivity contribution < 1.29 is 4.74 Å². The van der Waals surface area contributed by atoms with Crippen molar-refractivity contribution >= 4 is 5.69 Å². The molecule has 100 valence electrons. The van der Waals surface area contributed by atoms with Gasteiger partial charge in [0.25, 0.3) is 0 Å². The molecule has 0 aliphatic rings. The third-order valence-corrected chi connectivity index (χ3v) is 2.81. The van der Waals surface area contributed by atoms with Crippen LogP contribution in [-0.4, -0.2) is 9.97 Å². The van der Waals surface area contributed by atoms with E-state index in [1.807, 2.05) is 38.1 Å². The number of anilines is 1. The minimum Gasteiger partial charge on any atom is -0.422 e. The summed E-state index contributed by atoms with van der Waals surface area (Å²) in [5.74, 6) is 0.922. The van der Waals surface area contributed by atoms with Gasteiger partial charge < -0.3 is 10.5 Å². The van der Waals surface area contributed by atoms with E-state index in [0.717, 1.165) is 17.0 Å². The van der Waals surface area contributed by atoms with Gasteiger partial charge in [0.1, 0.15) is 0 Å². The second kappa shape index (κ2) is 5.26. The molecule has 0 bridgehead atoms. The third-order valence-electron chi connectivity index (χ3n) is 2.81. The Morgan fingerprint density at radius 1 is 1.11 bits per heavy atom. The second-order valence-corrected chi connectivity index (χ2v) is 5.01. The number of benzene rings is 1. The number of nitrogens with two attached hydrogens (primary N) is 1. The maximum atomic E-state index is 5.92. The highest BCUT2D eigenvalue weighted by atomic mass is 16.5. The summed E-state index contributed by atoms with van der Waals surface area (Å²) in [6.07, 6.45) is 0. The number of hydrogen-bond acceptors (Lipinski definition) is 4. The van der Waals surface area contributed by atoms with Gasteiger partial charge in [0, 0.05) is 5.69 Å². The zero-order chi connectivity index (χ0) is 14.0. The summed E-state index contributed by atoms with van der Waals surface area (Å²) >= 11 is 0. The number of nitrogens with zero attached hydrogens (tertiary/aromatic N) is 2. The average molecular weight is 257 g/mol. The summed E-state index contributed by atoms with van der Waals surface area (Å²) in [5.41, 5.74) is 9.47. The van der Waals surface area contributed by atoms with E-state index in [1.165, 1.54) is 0 Å². The fourth-order valence-corrected chi connectivity index (χ4v) is 1.77. The van der Waals surface area contributed by atoms with Crippen molar-refractivity contribution in [3.8, 4) is 11.8 Å². The highest BCUT2D eigenvalue weighted by Crippen LogP contribution is 2.27. The van der Waals surface area contributed by atoms with Crippen LogP contribution in [0.1, 0.15) is 36.7 Å². The van der Waals surface area contributed by atoms with Gasteiger partial charge in [-0.05, 0) is 43.5 Å². The van der Waals surface area contributed by atoms with Crippen LogP contribution in [0.15, 0.2) is 24.3 Å². The predicted molar refractivity (Wildman–Crippen MR) is 76.5 cm³/mol. The van der Waals surface area contributed by atoms with Crippen LogP contribution in [0, 0.1) is 13.8 Å². The van der Waals surface area contributed by atoms with Crippen LogP contribution in [0.4, 0.5) is 5.69 Å². The molecule has 0 spiro atoms. The monoisotopic (exact) mass is 257 g/mol. The van der Waals surface area contributed by atoms with E-state index < -0.39 is 0 Å². The Kier molecular flexibility index (Phi) is 3.69. The minimum atomic E-state index is 0.333. The normalized spacial score (nSPS) is 10.8. The molecule has 2 N–H and O–H groups in total. The SMILES string of the molecule is Cc1ccc(Oc2nc(C)cc(C(C)C)n2)c(N)c1. The van der Waals surface area contributed by atoms with Crippen LogP contribution < -0.4 is 10.5 Å². The van der Waals surface area contributed by atoms with E-state index in [2.05, 4.69) is 23.8 Å². The Hall–Kier alpha value is -2.10. The zero-order valence-electron chi connectivity index (χ0n) is 11.8. The molecule has 4 heteroatoms. The summed E-state index contributed by atoms with van der Waals surface area (Å²) in [7, 11) is 0. The molecular weight excluding hydrogens is 238 g/mol. The van der Waals surface area contributed by atoms with Gasteiger partial charge in [-0.2, -0.15) is 4.98 Å². The fraction of sp³-hybridized carbons (Fsp3) is 0.333. The smallest absolute Gasteiger partial charge is 0.322 e. The lowest BCUT2D eigenvalue weighted by atomic mass is 10.1. The molecule has 0 saturated carbocycles. The molecule has 1 heterocycles. The topological polar surface area (TPSA) is 61.0 Å². The molecule has 4 nitrogen and oxygen atoms in total. The highest BCUT2D eigenvalue weighted by molar-refractivity contribution is 5.54. The number of nitrogen functional groups attached to an aromatic ring is 1. The van der Waals surface area contributed by atoms with Gasteiger partial charge in [-0.25, -0.2) is 4.98 Å². The Morgan fingerprint density at radius 3 is 2.47 bits per heavy atom. The fourth-order valence-electron chi connectivity index (χ4n) is 1.77. The van der Waals surface area contributed by atoms with Crippen molar-refractivity contribution in [2.24, 2.45) is 0 Å². The Balaban J connectivity index is 2.32. The first-order valence-electron chi connectivity index (χ1n) is 6.35. The van der Waals surface area contributed by atoms with Crippen LogP contribution in [0.2, 0.25) is 0 Å². The van der Waals surface area contributed by atoms with Crippen molar-refractivity contribution in [2.75, 3.05) is 5.73 Å². The van der Waals surface area contributed by atoms with E-state index in [1.54, 1.807) is 0 Å². The first-order chi connectivity index (χ1) is 8.95. The number of rotatable bonds is 3. The molecule has 2 rings (SSSR count). The summed E-state index contributed by atoms with van der Waals surface area (Å²) in [4.78, 5) is 8.69. The maximum Gasteiger partial charge on any atom is 0.322 e. The summed E-state index contributed by atoms with van der Waals surface area (Å²) in [6.45, 7) is 8.09. The molecule has 0 atom stereocenters. The van der Waals surface area contributed by atoms with E-state index >= 15 is 0 Å². The van der Waals surface area contributed by atoms with Gasteiger partial charge in [-0.3, -0.25) is 0 Å². The van der Waals surface area contributed by atoms with Gasteiger partial charge >= 0.3 is 6.01 Å². The lowest BCUT2D eigenvalue weighted by Crippen LogP contribution is -2.01. The van der Waals surface area contributed by atoms with Crippen molar-refractivity contribution in [1.82, 2.24) is 9.97 Å². The molecule has 19 heavy (non-hydrogen) atoms. The van der Waals surface area contributed by atoms with Crippen molar-refractivity contribution in [3.63, 3.8) is 0 Å². The van der Waals surface area contributed by atoms with Crippen LogP contribution in [0.5, 0.6) is 11.8 Å². The molecule has 0 fully saturated rings. The van der Waals surface area contributed by atoms with Crippen molar-refractivity contribution in [1.29, 1.82) is 0 Å². The lowest BCUT2D eigenvalue weighted by molar-refractivity contribution is 0.438. The predicted octanol–water partition coefficient (Wildman–Crippen LogP) is 3.59. The summed E-state index contributed by atoms with van der Waals surface area (Å²) in [6, 6.07) is 7.97. The minimum absolute atomic E-state index is 0.333. The molecule has 1 aromatic heterocycles. The largest absolute Gasteiger partial charge is 0.422 e. The van der Waals surface area contributed by atoms with Crippen molar-refractivity contribution in [3.05, 3.63) is 41.2 Å². The molecule has 2 aromatic rings. The molecular formula is C15H19N3O. The Bertz CT molecular complexity index is 594. The molecule has 1 aromatic carbocycles. The highest BCUT2D eigenvalue weighted by Gasteiger charge is 2.09. The molecule has 0 saturated heterocycles. The molecule has 0 radical (unpaired) electrons. The molecule has 0 amide bonds. The Morgan fingerprint density at radius 2 is 1.84 bits per heavy atom. The van der Waals surface area contributed by atoms with Gasteiger partial charge in [-0.15, -0.1) is 0 Å². The number of ether oxygens (including phenoxy) is 1. The van der Waals surface area contributed by atoms with E-state index in [-0.39, 0.29) is 0 Å². The van der Waals surface area contributed by atoms with E-state index in [4.69, 9.17) is 10.5 Å². The van der Waals surface area contributed by atoms with Gasteiger partial charge in [0.05, 0.1) is 11.4 Å². The third kappa shape index (κ3) is 3.22. The van der Waals surface area contributed by atoms with Crippen LogP contribution in [0.25, 0.3) is 0 Å². The molecule has 0 aliphatic heterocycles. The maximum absolute atomic E-state index is 5.92. The number of hydrogen-bond donors (Lipinski definition) is 1. The standard InChI is InChI=1S/C15H19N3O/c1-9(2)13-8-11(4)17-15(18-13)19-14-6-5-10(3)7-12(14)16/h5-9H,16H2,1-4H3. The second-order valence-electron chi connectivity index (χ2n) is 5.01. The lowest BCUT2D eigenvalue weighted by Gasteiger charge is -2.10. The number of aromatic nitrogens is 2. The van der Waals surface area contributed by atoms with Gasteiger partial charge in [0.2, 0.25) is 0 Å². The first kappa shape index (κ1) is 13.3. The molecule has 0 aliphatic carbocycles. The van der Waals surface area contributed by atoms with Crippen LogP contribution in [-0.2, 0) is 0 Å². The zero-order valence-corrected chi connectivity index (χ0v) is 11.8. The van der Waals surface area contributed by atoms with Crippen LogP contribution in [0.3, 0.4) is 0 Å². The van der Waals surface area contributed by atoms with Gasteiger partial charge in [-0.1, -0.05) is 19.9 Å². The summed E-state index contributed by atoms with van der Waals surface area (Å²) < 4.78 is 5.69. The summed E-state index contributed by atoms with van der Waals surface area (Å²) in [5, 5.41) is 0. The quantitative estimate of drug-likeness (QED) is 0.853.